The first-order valence-electron chi connectivity index (χ1n) is 10.7. The van der Waals surface area contributed by atoms with Crippen molar-refractivity contribution in [3.05, 3.63) is 48.0 Å². The lowest BCUT2D eigenvalue weighted by Gasteiger charge is -2.31. The zero-order valence-electron chi connectivity index (χ0n) is 18.6. The maximum absolute atomic E-state index is 13.6. The van der Waals surface area contributed by atoms with Gasteiger partial charge in [0.2, 0.25) is 11.8 Å². The molecule has 9 heteroatoms. The molecule has 2 heterocycles. The van der Waals surface area contributed by atoms with Gasteiger partial charge in [0.05, 0.1) is 31.7 Å². The molecular formula is C24H26N2O7. The minimum absolute atomic E-state index is 0.145. The zero-order chi connectivity index (χ0) is 23.9. The van der Waals surface area contributed by atoms with E-state index < -0.39 is 41.2 Å². The highest BCUT2D eigenvalue weighted by molar-refractivity contribution is 6.24. The molecule has 0 unspecified atom stereocenters. The maximum atomic E-state index is 13.6. The van der Waals surface area contributed by atoms with Crippen LogP contribution in [0.1, 0.15) is 31.4 Å². The zero-order valence-corrected chi connectivity index (χ0v) is 18.6. The number of hydrogen-bond acceptors (Lipinski definition) is 7. The molecule has 0 bridgehead atoms. The lowest BCUT2D eigenvalue weighted by molar-refractivity contribution is -0.149. The molecule has 0 saturated carbocycles. The molecule has 2 saturated heterocycles. The molecule has 33 heavy (non-hydrogen) atoms. The van der Waals surface area contributed by atoms with E-state index in [1.54, 1.807) is 36.4 Å². The van der Waals surface area contributed by atoms with Gasteiger partial charge in [-0.15, -0.1) is 0 Å². The highest BCUT2D eigenvalue weighted by atomic mass is 16.5. The van der Waals surface area contributed by atoms with Gasteiger partial charge in [-0.1, -0.05) is 19.4 Å². The third kappa shape index (κ3) is 3.39. The number of rotatable bonds is 7. The second-order valence-corrected chi connectivity index (χ2v) is 8.29. The molecule has 0 aromatic heterocycles. The number of carboxylic acids is 1. The number of benzene rings is 2. The van der Waals surface area contributed by atoms with E-state index in [1.807, 2.05) is 6.92 Å². The minimum Gasteiger partial charge on any atom is -0.507 e. The number of imide groups is 1. The number of nitrogens with one attached hydrogen (secondary N) is 1. The van der Waals surface area contributed by atoms with Crippen LogP contribution in [0.3, 0.4) is 0 Å². The third-order valence-electron chi connectivity index (χ3n) is 6.58. The van der Waals surface area contributed by atoms with E-state index in [1.165, 1.54) is 20.3 Å². The quantitative estimate of drug-likeness (QED) is 0.545. The van der Waals surface area contributed by atoms with Crippen molar-refractivity contribution in [2.75, 3.05) is 19.1 Å². The van der Waals surface area contributed by atoms with Crippen molar-refractivity contribution >= 4 is 23.5 Å². The molecule has 2 fully saturated rings. The Morgan fingerprint density at radius 3 is 2.24 bits per heavy atom. The number of carbonyl (C=O) groups excluding carboxylic acids is 2. The van der Waals surface area contributed by atoms with Gasteiger partial charge in [-0.25, -0.2) is 4.90 Å². The van der Waals surface area contributed by atoms with Gasteiger partial charge in [0.1, 0.15) is 22.8 Å². The highest BCUT2D eigenvalue weighted by Gasteiger charge is 2.68. The predicted octanol–water partition coefficient (Wildman–Crippen LogP) is 2.48. The van der Waals surface area contributed by atoms with Gasteiger partial charge in [0.25, 0.3) is 0 Å². The molecule has 2 aromatic rings. The topological polar surface area (TPSA) is 125 Å². The summed E-state index contributed by atoms with van der Waals surface area (Å²) in [5.74, 6) is -3.59. The highest BCUT2D eigenvalue weighted by Crippen LogP contribution is 2.52. The van der Waals surface area contributed by atoms with E-state index in [4.69, 9.17) is 9.47 Å². The van der Waals surface area contributed by atoms with Crippen LogP contribution in [-0.4, -0.2) is 47.8 Å². The van der Waals surface area contributed by atoms with Gasteiger partial charge < -0.3 is 19.7 Å². The summed E-state index contributed by atoms with van der Waals surface area (Å²) in [6.07, 6.45) is 0.625. The summed E-state index contributed by atoms with van der Waals surface area (Å²) >= 11 is 0. The number of phenolic OH excluding ortho intramolecular Hbond substituents is 1. The lowest BCUT2D eigenvalue weighted by Crippen LogP contribution is -2.55. The van der Waals surface area contributed by atoms with Crippen LogP contribution in [0.15, 0.2) is 42.5 Å². The number of phenols is 1. The molecule has 2 aromatic carbocycles. The number of fused-ring (bicyclic) bond motifs is 1. The molecule has 0 radical (unpaired) electrons. The van der Waals surface area contributed by atoms with E-state index in [0.29, 0.717) is 29.2 Å². The van der Waals surface area contributed by atoms with Gasteiger partial charge in [-0.05, 0) is 36.8 Å². The van der Waals surface area contributed by atoms with Crippen molar-refractivity contribution in [2.45, 2.75) is 31.3 Å². The summed E-state index contributed by atoms with van der Waals surface area (Å²) in [6, 6.07) is 10.2. The van der Waals surface area contributed by atoms with Crippen molar-refractivity contribution < 1.29 is 34.1 Å². The summed E-state index contributed by atoms with van der Waals surface area (Å²) in [6.45, 7) is 1.82. The Hall–Kier alpha value is -3.59. The van der Waals surface area contributed by atoms with Gasteiger partial charge in [0.15, 0.2) is 0 Å². The van der Waals surface area contributed by atoms with Crippen LogP contribution in [0.5, 0.6) is 17.2 Å². The van der Waals surface area contributed by atoms with Crippen molar-refractivity contribution in [1.82, 2.24) is 5.32 Å². The number of nitrogens with zero attached hydrogens (tertiary/aromatic N) is 1. The van der Waals surface area contributed by atoms with E-state index >= 15 is 0 Å². The van der Waals surface area contributed by atoms with Crippen LogP contribution < -0.4 is 19.7 Å². The van der Waals surface area contributed by atoms with Crippen molar-refractivity contribution in [2.24, 2.45) is 11.8 Å². The van der Waals surface area contributed by atoms with Crippen molar-refractivity contribution in [3.63, 3.8) is 0 Å². The number of carboxylic acid groups (broad SMARTS) is 1. The molecule has 3 N–H and O–H groups in total. The normalized spacial score (nSPS) is 26.4. The molecule has 4 rings (SSSR count). The number of aliphatic carboxylic acids is 1. The van der Waals surface area contributed by atoms with E-state index in [-0.39, 0.29) is 12.2 Å². The second-order valence-electron chi connectivity index (χ2n) is 8.29. The monoisotopic (exact) mass is 454 g/mol. The molecule has 0 spiro atoms. The van der Waals surface area contributed by atoms with Gasteiger partial charge in [-0.3, -0.25) is 19.7 Å². The molecule has 174 valence electrons. The Bertz CT molecular complexity index is 1100. The summed E-state index contributed by atoms with van der Waals surface area (Å²) < 4.78 is 10.3. The number of aromatic hydroxyl groups is 1. The standard InChI is InChI=1S/C24H26N2O7/c1-4-11-24(23(30)31)19-18(20(25-24)16-10-9-15(33-3)12-17(16)27)21(28)26(22(19)29)13-5-7-14(32-2)8-6-13/h5-10,12,18-20,25,27H,4,11H2,1-3H3,(H,30,31)/t18-,19+,20+,24-/m0/s1. The molecule has 4 atom stereocenters. The summed E-state index contributed by atoms with van der Waals surface area (Å²) in [7, 11) is 2.97. The lowest BCUT2D eigenvalue weighted by atomic mass is 9.77. The van der Waals surface area contributed by atoms with Gasteiger partial charge >= 0.3 is 5.97 Å². The number of amides is 2. The fourth-order valence-corrected chi connectivity index (χ4v) is 5.10. The maximum Gasteiger partial charge on any atom is 0.324 e. The van der Waals surface area contributed by atoms with Crippen molar-refractivity contribution in [1.29, 1.82) is 0 Å². The van der Waals surface area contributed by atoms with Crippen LogP contribution in [0.25, 0.3) is 0 Å². The summed E-state index contributed by atoms with van der Waals surface area (Å²) in [5.41, 5.74) is -0.971. The smallest absolute Gasteiger partial charge is 0.324 e. The van der Waals surface area contributed by atoms with E-state index in [0.717, 1.165) is 4.90 Å². The Morgan fingerprint density at radius 1 is 1.06 bits per heavy atom. The van der Waals surface area contributed by atoms with Crippen LogP contribution in [0.2, 0.25) is 0 Å². The van der Waals surface area contributed by atoms with E-state index in [2.05, 4.69) is 5.32 Å². The number of ether oxygens (including phenoxy) is 2. The third-order valence-corrected chi connectivity index (χ3v) is 6.58. The Balaban J connectivity index is 1.84. The van der Waals surface area contributed by atoms with Gasteiger partial charge in [-0.2, -0.15) is 0 Å². The number of carbonyl (C=O) groups is 3. The predicted molar refractivity (Wildman–Crippen MR) is 118 cm³/mol. The number of anilines is 1. The minimum atomic E-state index is -1.65. The van der Waals surface area contributed by atoms with Crippen LogP contribution in [0.4, 0.5) is 5.69 Å². The summed E-state index contributed by atoms with van der Waals surface area (Å²) in [5, 5.41) is 24.0. The van der Waals surface area contributed by atoms with Crippen molar-refractivity contribution in [3.8, 4) is 17.2 Å². The Labute approximate surface area is 190 Å². The summed E-state index contributed by atoms with van der Waals surface area (Å²) in [4.78, 5) is 40.8. The van der Waals surface area contributed by atoms with Crippen LogP contribution >= 0.6 is 0 Å². The van der Waals surface area contributed by atoms with Crippen LogP contribution in [-0.2, 0) is 14.4 Å². The SMILES string of the molecule is CCC[C@]1(C(=O)O)N[C@H](c2ccc(OC)cc2O)[C@H]2C(=O)N(c3ccc(OC)cc3)C(=O)[C@@H]21. The Morgan fingerprint density at radius 2 is 1.70 bits per heavy atom. The Kier molecular flexibility index (Phi) is 5.75. The average Bonchev–Trinajstić information content (AvgIpc) is 3.28. The first kappa shape index (κ1) is 22.6. The number of hydrogen-bond donors (Lipinski definition) is 3. The van der Waals surface area contributed by atoms with E-state index in [9.17, 15) is 24.6 Å². The average molecular weight is 454 g/mol. The first-order valence-corrected chi connectivity index (χ1v) is 10.7. The fourth-order valence-electron chi connectivity index (χ4n) is 5.10. The van der Waals surface area contributed by atoms with Crippen LogP contribution in [0, 0.1) is 11.8 Å². The molecule has 2 amide bonds. The molecule has 9 nitrogen and oxygen atoms in total. The number of methoxy groups -OCH3 is 2. The molecule has 2 aliphatic rings. The first-order chi connectivity index (χ1) is 15.8. The molecule has 2 aliphatic heterocycles. The molecule has 0 aliphatic carbocycles. The molecular weight excluding hydrogens is 428 g/mol. The largest absolute Gasteiger partial charge is 0.507 e. The van der Waals surface area contributed by atoms with Gasteiger partial charge in [0, 0.05) is 17.7 Å². The second kappa shape index (κ2) is 8.40. The fraction of sp³-hybridized carbons (Fsp3) is 0.375.